The number of rotatable bonds is 11. The zero-order valence-corrected chi connectivity index (χ0v) is 12.2. The van der Waals surface area contributed by atoms with Crippen LogP contribution in [0.2, 0.25) is 0 Å². The predicted octanol–water partition coefficient (Wildman–Crippen LogP) is 6.20. The van der Waals surface area contributed by atoms with Gasteiger partial charge in [0.1, 0.15) is 0 Å². The Balaban J connectivity index is 3.17. The van der Waals surface area contributed by atoms with Crippen molar-refractivity contribution in [2.75, 3.05) is 0 Å². The first-order valence-corrected chi connectivity index (χ1v) is 7.70. The van der Waals surface area contributed by atoms with E-state index in [1.807, 2.05) is 0 Å². The molecule has 0 saturated carbocycles. The first kappa shape index (κ1) is 16.0. The molecule has 0 spiro atoms. The maximum Gasteiger partial charge on any atom is -0.0443 e. The van der Waals surface area contributed by atoms with E-state index in [1.54, 1.807) is 0 Å². The van der Waals surface area contributed by atoms with Gasteiger partial charge in [0, 0.05) is 0 Å². The van der Waals surface area contributed by atoms with E-state index in [0.29, 0.717) is 0 Å². The Labute approximate surface area is 104 Å². The molecule has 0 aromatic rings. The summed E-state index contributed by atoms with van der Waals surface area (Å²) in [4.78, 5) is 0. The second-order valence-corrected chi connectivity index (χ2v) is 5.75. The summed E-state index contributed by atoms with van der Waals surface area (Å²) in [5.74, 6) is 1.91. The zero-order valence-electron chi connectivity index (χ0n) is 12.2. The lowest BCUT2D eigenvalue weighted by molar-refractivity contribution is 0.422. The quantitative estimate of drug-likeness (QED) is 0.368. The van der Waals surface area contributed by atoms with Gasteiger partial charge in [0.2, 0.25) is 0 Å². The van der Waals surface area contributed by atoms with Crippen molar-refractivity contribution >= 4 is 0 Å². The van der Waals surface area contributed by atoms with Crippen LogP contribution in [0.15, 0.2) is 0 Å². The molecule has 2 atom stereocenters. The van der Waals surface area contributed by atoms with Gasteiger partial charge in [-0.3, -0.25) is 0 Å². The topological polar surface area (TPSA) is 0 Å². The van der Waals surface area contributed by atoms with E-state index in [4.69, 9.17) is 0 Å². The van der Waals surface area contributed by atoms with Crippen molar-refractivity contribution in [3.05, 3.63) is 0 Å². The standard InChI is InChI=1S/C16H34/c1-5-7-9-13-16(4)14-11-8-10-12-15(3)6-2/h15-16H,5-14H2,1-4H3. The van der Waals surface area contributed by atoms with Crippen molar-refractivity contribution in [2.45, 2.75) is 91.9 Å². The number of hydrogen-bond acceptors (Lipinski definition) is 0. The first-order valence-electron chi connectivity index (χ1n) is 7.70. The highest BCUT2D eigenvalue weighted by Gasteiger charge is 2.02. The van der Waals surface area contributed by atoms with E-state index < -0.39 is 0 Å². The highest BCUT2D eigenvalue weighted by atomic mass is 14.1. The van der Waals surface area contributed by atoms with Crippen LogP contribution in [0.4, 0.5) is 0 Å². The third kappa shape index (κ3) is 10.5. The van der Waals surface area contributed by atoms with Crippen LogP contribution in [0, 0.1) is 11.8 Å². The molecule has 0 saturated heterocycles. The summed E-state index contributed by atoms with van der Waals surface area (Å²) in [6.45, 7) is 9.41. The molecule has 0 nitrogen and oxygen atoms in total. The van der Waals surface area contributed by atoms with E-state index >= 15 is 0 Å². The summed E-state index contributed by atoms with van der Waals surface area (Å²) >= 11 is 0. The highest BCUT2D eigenvalue weighted by molar-refractivity contribution is 4.56. The lowest BCUT2D eigenvalue weighted by Gasteiger charge is -2.11. The van der Waals surface area contributed by atoms with E-state index in [1.165, 1.54) is 64.2 Å². The van der Waals surface area contributed by atoms with Crippen molar-refractivity contribution in [1.82, 2.24) is 0 Å². The summed E-state index contributed by atoms with van der Waals surface area (Å²) in [5, 5.41) is 0. The van der Waals surface area contributed by atoms with Crippen LogP contribution in [-0.2, 0) is 0 Å². The van der Waals surface area contributed by atoms with Gasteiger partial charge in [-0.2, -0.15) is 0 Å². The second-order valence-electron chi connectivity index (χ2n) is 5.75. The van der Waals surface area contributed by atoms with Crippen molar-refractivity contribution in [3.8, 4) is 0 Å². The van der Waals surface area contributed by atoms with Gasteiger partial charge < -0.3 is 0 Å². The van der Waals surface area contributed by atoms with Crippen LogP contribution in [0.5, 0.6) is 0 Å². The molecular formula is C16H34. The van der Waals surface area contributed by atoms with Gasteiger partial charge in [-0.05, 0) is 11.8 Å². The van der Waals surface area contributed by atoms with Gasteiger partial charge in [0.05, 0.1) is 0 Å². The van der Waals surface area contributed by atoms with Crippen LogP contribution < -0.4 is 0 Å². The Morgan fingerprint density at radius 1 is 0.625 bits per heavy atom. The average Bonchev–Trinajstić information content (AvgIpc) is 2.28. The first-order chi connectivity index (χ1) is 7.70. The van der Waals surface area contributed by atoms with Gasteiger partial charge in [-0.15, -0.1) is 0 Å². The second kappa shape index (κ2) is 11.5. The van der Waals surface area contributed by atoms with Gasteiger partial charge in [-0.25, -0.2) is 0 Å². The van der Waals surface area contributed by atoms with Gasteiger partial charge >= 0.3 is 0 Å². The van der Waals surface area contributed by atoms with E-state index in [-0.39, 0.29) is 0 Å². The zero-order chi connectivity index (χ0) is 12.2. The molecule has 0 bridgehead atoms. The molecule has 0 fully saturated rings. The molecule has 16 heavy (non-hydrogen) atoms. The average molecular weight is 226 g/mol. The molecule has 0 rings (SSSR count). The van der Waals surface area contributed by atoms with Crippen LogP contribution >= 0.6 is 0 Å². The van der Waals surface area contributed by atoms with E-state index in [2.05, 4.69) is 27.7 Å². The molecule has 0 aliphatic rings. The largest absolute Gasteiger partial charge is 0.0654 e. The third-order valence-electron chi connectivity index (χ3n) is 3.89. The highest BCUT2D eigenvalue weighted by Crippen LogP contribution is 2.18. The SMILES string of the molecule is CCCCCC(C)CCCCCC(C)CC. The smallest absolute Gasteiger partial charge is 0.0443 e. The van der Waals surface area contributed by atoms with Crippen LogP contribution in [0.1, 0.15) is 91.9 Å². The van der Waals surface area contributed by atoms with Crippen LogP contribution in [-0.4, -0.2) is 0 Å². The van der Waals surface area contributed by atoms with Crippen LogP contribution in [0.3, 0.4) is 0 Å². The third-order valence-corrected chi connectivity index (χ3v) is 3.89. The molecule has 0 aromatic heterocycles. The van der Waals surface area contributed by atoms with Crippen molar-refractivity contribution in [3.63, 3.8) is 0 Å². The Hall–Kier alpha value is 0. The van der Waals surface area contributed by atoms with Crippen LogP contribution in [0.25, 0.3) is 0 Å². The summed E-state index contributed by atoms with van der Waals surface area (Å²) in [6, 6.07) is 0. The fraction of sp³-hybridized carbons (Fsp3) is 1.00. The molecule has 2 unspecified atom stereocenters. The molecule has 0 aliphatic carbocycles. The summed E-state index contributed by atoms with van der Waals surface area (Å²) in [5.41, 5.74) is 0. The number of hydrogen-bond donors (Lipinski definition) is 0. The molecule has 0 aliphatic heterocycles. The Morgan fingerprint density at radius 3 is 1.62 bits per heavy atom. The van der Waals surface area contributed by atoms with E-state index in [0.717, 1.165) is 11.8 Å². The summed E-state index contributed by atoms with van der Waals surface area (Å²) in [7, 11) is 0. The molecule has 98 valence electrons. The molecule has 0 amide bonds. The fourth-order valence-corrected chi connectivity index (χ4v) is 2.25. The Bertz CT molecular complexity index is 128. The fourth-order valence-electron chi connectivity index (χ4n) is 2.25. The number of unbranched alkanes of at least 4 members (excludes halogenated alkanes) is 4. The molecule has 0 N–H and O–H groups in total. The lowest BCUT2D eigenvalue weighted by Crippen LogP contribution is -1.96. The minimum absolute atomic E-state index is 0.946. The molecule has 0 aromatic carbocycles. The van der Waals surface area contributed by atoms with E-state index in [9.17, 15) is 0 Å². The maximum atomic E-state index is 2.43. The van der Waals surface area contributed by atoms with Crippen molar-refractivity contribution in [1.29, 1.82) is 0 Å². The predicted molar refractivity (Wildman–Crippen MR) is 75.8 cm³/mol. The minimum Gasteiger partial charge on any atom is -0.0654 e. The monoisotopic (exact) mass is 226 g/mol. The normalized spacial score (nSPS) is 15.0. The summed E-state index contributed by atoms with van der Waals surface area (Å²) in [6.07, 6.45) is 14.3. The molecule has 0 heterocycles. The van der Waals surface area contributed by atoms with Crippen molar-refractivity contribution in [2.24, 2.45) is 11.8 Å². The van der Waals surface area contributed by atoms with Gasteiger partial charge in [0.25, 0.3) is 0 Å². The van der Waals surface area contributed by atoms with Gasteiger partial charge in [0.15, 0.2) is 0 Å². The minimum atomic E-state index is 0.946. The van der Waals surface area contributed by atoms with Crippen molar-refractivity contribution < 1.29 is 0 Å². The summed E-state index contributed by atoms with van der Waals surface area (Å²) < 4.78 is 0. The Kier molecular flexibility index (Phi) is 11.5. The lowest BCUT2D eigenvalue weighted by atomic mass is 9.95. The van der Waals surface area contributed by atoms with Gasteiger partial charge in [-0.1, -0.05) is 91.9 Å². The maximum absolute atomic E-state index is 2.43. The molecule has 0 heteroatoms. The molecular weight excluding hydrogens is 192 g/mol. The molecule has 0 radical (unpaired) electrons. The Morgan fingerprint density at radius 2 is 1.12 bits per heavy atom.